The van der Waals surface area contributed by atoms with E-state index in [9.17, 15) is 9.18 Å². The molecule has 0 saturated carbocycles. The number of nitrogens with zero attached hydrogens (tertiary/aromatic N) is 1. The number of pyridine rings is 1. The third kappa shape index (κ3) is 2.58. The molecule has 0 saturated heterocycles. The maximum Gasteiger partial charge on any atom is 0.166 e. The first-order valence-electron chi connectivity index (χ1n) is 7.93. The first-order valence-corrected chi connectivity index (χ1v) is 7.93. The van der Waals surface area contributed by atoms with Gasteiger partial charge in [-0.1, -0.05) is 0 Å². The lowest BCUT2D eigenvalue weighted by Crippen LogP contribution is -2.10. The Morgan fingerprint density at radius 1 is 1.04 bits per heavy atom. The molecule has 24 heavy (non-hydrogen) atoms. The summed E-state index contributed by atoms with van der Waals surface area (Å²) in [7, 11) is 0. The Labute approximate surface area is 138 Å². The number of aromatic nitrogens is 2. The van der Waals surface area contributed by atoms with Gasteiger partial charge in [-0.05, 0) is 49.2 Å². The van der Waals surface area contributed by atoms with E-state index in [4.69, 9.17) is 0 Å². The van der Waals surface area contributed by atoms with Crippen LogP contribution in [0, 0.1) is 5.82 Å². The van der Waals surface area contributed by atoms with E-state index in [1.165, 1.54) is 12.1 Å². The number of halogens is 1. The summed E-state index contributed by atoms with van der Waals surface area (Å²) in [5.41, 5.74) is 5.00. The standard InChI is InChI=1S/C19H16FN3O/c20-13-4-6-14(7-5-13)22-19-17-15(2-1-3-16(17)24)23-18(19)12-8-10-21-11-9-12/h4-11,22-23H,1-3H2. The van der Waals surface area contributed by atoms with Crippen LogP contribution >= 0.6 is 0 Å². The number of aromatic amines is 1. The summed E-state index contributed by atoms with van der Waals surface area (Å²) >= 11 is 0. The SMILES string of the molecule is O=C1CCCc2[nH]c(-c3ccncc3)c(Nc3ccc(F)cc3)c21. The molecule has 0 atom stereocenters. The van der Waals surface area contributed by atoms with E-state index in [-0.39, 0.29) is 11.6 Å². The molecule has 0 radical (unpaired) electrons. The predicted molar refractivity (Wildman–Crippen MR) is 91.0 cm³/mol. The molecule has 1 aliphatic rings. The zero-order chi connectivity index (χ0) is 16.5. The number of carbonyl (C=O) groups excluding carboxylic acids is 1. The summed E-state index contributed by atoms with van der Waals surface area (Å²) in [4.78, 5) is 19.9. The number of benzene rings is 1. The first-order chi connectivity index (χ1) is 11.7. The molecule has 0 amide bonds. The van der Waals surface area contributed by atoms with E-state index in [2.05, 4.69) is 15.3 Å². The number of aryl methyl sites for hydroxylation is 1. The largest absolute Gasteiger partial charge is 0.356 e. The maximum atomic E-state index is 13.2. The third-order valence-electron chi connectivity index (χ3n) is 4.27. The highest BCUT2D eigenvalue weighted by atomic mass is 19.1. The van der Waals surface area contributed by atoms with E-state index in [1.807, 2.05) is 12.1 Å². The van der Waals surface area contributed by atoms with Crippen LogP contribution in [0.1, 0.15) is 28.9 Å². The van der Waals surface area contributed by atoms with E-state index in [0.29, 0.717) is 6.42 Å². The molecule has 4 nitrogen and oxygen atoms in total. The van der Waals surface area contributed by atoms with Crippen molar-refractivity contribution in [2.75, 3.05) is 5.32 Å². The van der Waals surface area contributed by atoms with E-state index >= 15 is 0 Å². The second-order valence-corrected chi connectivity index (χ2v) is 5.87. The Hall–Kier alpha value is -2.95. The molecule has 0 fully saturated rings. The monoisotopic (exact) mass is 321 g/mol. The number of carbonyl (C=O) groups is 1. The fourth-order valence-electron chi connectivity index (χ4n) is 3.14. The van der Waals surface area contributed by atoms with Gasteiger partial charge < -0.3 is 10.3 Å². The topological polar surface area (TPSA) is 57.8 Å². The van der Waals surface area contributed by atoms with Crippen LogP contribution in [0.4, 0.5) is 15.8 Å². The second kappa shape index (κ2) is 5.92. The van der Waals surface area contributed by atoms with Crippen molar-refractivity contribution >= 4 is 17.2 Å². The molecule has 0 bridgehead atoms. The van der Waals surface area contributed by atoms with E-state index in [1.54, 1.807) is 24.5 Å². The van der Waals surface area contributed by atoms with Gasteiger partial charge in [-0.25, -0.2) is 4.39 Å². The van der Waals surface area contributed by atoms with Crippen LogP contribution in [0.2, 0.25) is 0 Å². The van der Waals surface area contributed by atoms with Crippen LogP contribution in [-0.4, -0.2) is 15.8 Å². The molecule has 2 heterocycles. The van der Waals surface area contributed by atoms with Crippen LogP contribution in [0.15, 0.2) is 48.8 Å². The Morgan fingerprint density at radius 2 is 1.79 bits per heavy atom. The minimum atomic E-state index is -0.290. The van der Waals surface area contributed by atoms with Gasteiger partial charge >= 0.3 is 0 Å². The number of rotatable bonds is 3. The molecular formula is C19H16FN3O. The minimum Gasteiger partial charge on any atom is -0.356 e. The van der Waals surface area contributed by atoms with Crippen LogP contribution in [0.3, 0.4) is 0 Å². The van der Waals surface area contributed by atoms with Crippen molar-refractivity contribution < 1.29 is 9.18 Å². The molecule has 2 N–H and O–H groups in total. The molecule has 1 aromatic carbocycles. The average Bonchev–Trinajstić information content (AvgIpc) is 2.98. The first kappa shape index (κ1) is 14.6. The predicted octanol–water partition coefficient (Wildman–Crippen LogP) is 4.48. The van der Waals surface area contributed by atoms with Crippen LogP contribution in [-0.2, 0) is 6.42 Å². The zero-order valence-electron chi connectivity index (χ0n) is 13.0. The number of anilines is 2. The van der Waals surface area contributed by atoms with Crippen molar-refractivity contribution in [2.45, 2.75) is 19.3 Å². The van der Waals surface area contributed by atoms with Crippen molar-refractivity contribution in [1.82, 2.24) is 9.97 Å². The average molecular weight is 321 g/mol. The summed E-state index contributed by atoms with van der Waals surface area (Å²) in [5, 5.41) is 3.30. The fraction of sp³-hybridized carbons (Fsp3) is 0.158. The Kier molecular flexibility index (Phi) is 3.61. The molecule has 5 heteroatoms. The number of ketones is 1. The summed E-state index contributed by atoms with van der Waals surface area (Å²) in [6.45, 7) is 0. The summed E-state index contributed by atoms with van der Waals surface area (Å²) in [6.07, 6.45) is 5.71. The van der Waals surface area contributed by atoms with Crippen molar-refractivity contribution in [3.05, 3.63) is 65.9 Å². The summed E-state index contributed by atoms with van der Waals surface area (Å²) < 4.78 is 13.2. The highest BCUT2D eigenvalue weighted by Crippen LogP contribution is 2.38. The number of nitrogens with one attached hydrogen (secondary N) is 2. The van der Waals surface area contributed by atoms with E-state index in [0.717, 1.165) is 46.7 Å². The third-order valence-corrected chi connectivity index (χ3v) is 4.27. The molecule has 0 spiro atoms. The maximum absolute atomic E-state index is 13.2. The molecule has 0 unspecified atom stereocenters. The van der Waals surface area contributed by atoms with Gasteiger partial charge in [0.05, 0.1) is 16.9 Å². The van der Waals surface area contributed by atoms with Crippen molar-refractivity contribution in [1.29, 1.82) is 0 Å². The van der Waals surface area contributed by atoms with Gasteiger partial charge in [-0.2, -0.15) is 0 Å². The number of H-pyrrole nitrogens is 1. The van der Waals surface area contributed by atoms with Gasteiger partial charge in [0.1, 0.15) is 5.82 Å². The van der Waals surface area contributed by atoms with Crippen molar-refractivity contribution in [2.24, 2.45) is 0 Å². The second-order valence-electron chi connectivity index (χ2n) is 5.87. The minimum absolute atomic E-state index is 0.136. The van der Waals surface area contributed by atoms with Crippen molar-refractivity contribution in [3.63, 3.8) is 0 Å². The number of hydrogen-bond donors (Lipinski definition) is 2. The molecular weight excluding hydrogens is 305 g/mol. The van der Waals surface area contributed by atoms with Gasteiger partial charge in [0.15, 0.2) is 5.78 Å². The molecule has 3 aromatic rings. The molecule has 120 valence electrons. The van der Waals surface area contributed by atoms with Gasteiger partial charge in [0.2, 0.25) is 0 Å². The van der Waals surface area contributed by atoms with Gasteiger partial charge in [0.25, 0.3) is 0 Å². The Balaban J connectivity index is 1.85. The highest BCUT2D eigenvalue weighted by molar-refractivity contribution is 6.07. The smallest absolute Gasteiger partial charge is 0.166 e. The van der Waals surface area contributed by atoms with Crippen molar-refractivity contribution in [3.8, 4) is 11.3 Å². The normalized spacial score (nSPS) is 13.6. The molecule has 0 aliphatic heterocycles. The lowest BCUT2D eigenvalue weighted by atomic mass is 9.95. The lowest BCUT2D eigenvalue weighted by molar-refractivity contribution is 0.0973. The highest BCUT2D eigenvalue weighted by Gasteiger charge is 2.26. The Bertz CT molecular complexity index is 885. The van der Waals surface area contributed by atoms with Gasteiger partial charge in [0, 0.05) is 35.8 Å². The quantitative estimate of drug-likeness (QED) is 0.748. The molecule has 4 rings (SSSR count). The lowest BCUT2D eigenvalue weighted by Gasteiger charge is -2.13. The van der Waals surface area contributed by atoms with Gasteiger partial charge in [-0.3, -0.25) is 9.78 Å². The summed E-state index contributed by atoms with van der Waals surface area (Å²) in [5.74, 6) is -0.153. The number of hydrogen-bond acceptors (Lipinski definition) is 3. The number of Topliss-reactive ketones (excluding diaryl/α,β-unsaturated/α-hetero) is 1. The van der Waals surface area contributed by atoms with Crippen LogP contribution < -0.4 is 5.32 Å². The molecule has 1 aliphatic carbocycles. The van der Waals surface area contributed by atoms with E-state index < -0.39 is 0 Å². The molecule has 2 aromatic heterocycles. The summed E-state index contributed by atoms with van der Waals surface area (Å²) in [6, 6.07) is 9.93. The van der Waals surface area contributed by atoms with Crippen LogP contribution in [0.25, 0.3) is 11.3 Å². The Morgan fingerprint density at radius 3 is 2.54 bits per heavy atom. The fourth-order valence-corrected chi connectivity index (χ4v) is 3.14. The number of fused-ring (bicyclic) bond motifs is 1. The van der Waals surface area contributed by atoms with Crippen LogP contribution in [0.5, 0.6) is 0 Å². The zero-order valence-corrected chi connectivity index (χ0v) is 13.0. The van der Waals surface area contributed by atoms with Gasteiger partial charge in [-0.15, -0.1) is 0 Å².